The Morgan fingerprint density at radius 3 is 2.00 bits per heavy atom. The highest BCUT2D eigenvalue weighted by atomic mass is 16.5. The monoisotopic (exact) mass is 466 g/mol. The summed E-state index contributed by atoms with van der Waals surface area (Å²) in [4.78, 5) is 35.8. The van der Waals surface area contributed by atoms with Crippen LogP contribution >= 0.6 is 0 Å². The molecule has 2 aromatic rings. The lowest BCUT2D eigenvalue weighted by molar-refractivity contribution is -0.134. The molecule has 0 saturated heterocycles. The summed E-state index contributed by atoms with van der Waals surface area (Å²) in [6.07, 6.45) is 10.5. The van der Waals surface area contributed by atoms with Crippen LogP contribution in [0.15, 0.2) is 54.6 Å². The number of unbranched alkanes of at least 4 members (excludes halogenated alkanes) is 5. The third-order valence-corrected chi connectivity index (χ3v) is 5.05. The molecule has 182 valence electrons. The molecule has 0 amide bonds. The molecule has 0 aromatic heterocycles. The van der Waals surface area contributed by atoms with Gasteiger partial charge in [-0.3, -0.25) is 4.79 Å². The molecule has 0 atom stereocenters. The fraction of sp³-hybridized carbons (Fsp3) is 0.393. The molecule has 6 nitrogen and oxygen atoms in total. The van der Waals surface area contributed by atoms with Crippen molar-refractivity contribution in [1.82, 2.24) is 0 Å². The molecule has 34 heavy (non-hydrogen) atoms. The first kappa shape index (κ1) is 26.8. The van der Waals surface area contributed by atoms with E-state index in [1.165, 1.54) is 18.9 Å². The smallest absolute Gasteiger partial charge is 0.338 e. The van der Waals surface area contributed by atoms with Gasteiger partial charge >= 0.3 is 17.9 Å². The van der Waals surface area contributed by atoms with Gasteiger partial charge in [-0.25, -0.2) is 9.59 Å². The lowest BCUT2D eigenvalue weighted by Crippen LogP contribution is -2.07. The van der Waals surface area contributed by atoms with Gasteiger partial charge in [0.25, 0.3) is 0 Å². The Balaban J connectivity index is 1.77. The molecule has 0 bridgehead atoms. The average Bonchev–Trinajstić information content (AvgIpc) is 2.85. The van der Waals surface area contributed by atoms with Crippen LogP contribution in [-0.4, -0.2) is 24.5 Å². The van der Waals surface area contributed by atoms with E-state index in [9.17, 15) is 14.4 Å². The maximum Gasteiger partial charge on any atom is 0.338 e. The predicted molar refractivity (Wildman–Crippen MR) is 132 cm³/mol. The number of hydrogen-bond acceptors (Lipinski definition) is 6. The van der Waals surface area contributed by atoms with Crippen LogP contribution in [0.25, 0.3) is 6.08 Å². The summed E-state index contributed by atoms with van der Waals surface area (Å²) in [5.74, 6) is -0.414. The number of esters is 3. The number of benzene rings is 2. The summed E-state index contributed by atoms with van der Waals surface area (Å²) in [6, 6.07) is 13.1. The van der Waals surface area contributed by atoms with Crippen molar-refractivity contribution >= 4 is 24.0 Å². The lowest BCUT2D eigenvalue weighted by atomic mass is 10.1. The molecule has 0 unspecified atom stereocenters. The Morgan fingerprint density at radius 1 is 0.735 bits per heavy atom. The van der Waals surface area contributed by atoms with Gasteiger partial charge in [-0.15, -0.1) is 0 Å². The van der Waals surface area contributed by atoms with E-state index in [1.807, 2.05) is 6.92 Å². The third kappa shape index (κ3) is 10.5. The number of ether oxygens (including phenoxy) is 3. The van der Waals surface area contributed by atoms with E-state index >= 15 is 0 Å². The second kappa shape index (κ2) is 15.4. The van der Waals surface area contributed by atoms with Crippen molar-refractivity contribution in [3.63, 3.8) is 0 Å². The van der Waals surface area contributed by atoms with E-state index in [1.54, 1.807) is 54.6 Å². The Morgan fingerprint density at radius 2 is 1.35 bits per heavy atom. The Hall–Kier alpha value is -3.41. The van der Waals surface area contributed by atoms with Gasteiger partial charge in [0.15, 0.2) is 0 Å². The van der Waals surface area contributed by atoms with Crippen molar-refractivity contribution in [2.75, 3.05) is 6.61 Å². The molecule has 0 saturated carbocycles. The lowest BCUT2D eigenvalue weighted by Gasteiger charge is -2.06. The molecule has 0 aliphatic rings. The highest BCUT2D eigenvalue weighted by Crippen LogP contribution is 2.19. The first-order valence-corrected chi connectivity index (χ1v) is 12.0. The fourth-order valence-corrected chi connectivity index (χ4v) is 3.08. The van der Waals surface area contributed by atoms with Crippen LogP contribution in [0.2, 0.25) is 0 Å². The molecular formula is C28H34O6. The van der Waals surface area contributed by atoms with E-state index in [4.69, 9.17) is 14.2 Å². The van der Waals surface area contributed by atoms with Crippen molar-refractivity contribution in [1.29, 1.82) is 0 Å². The summed E-state index contributed by atoms with van der Waals surface area (Å²) in [5, 5.41) is 0. The zero-order chi connectivity index (χ0) is 24.6. The summed E-state index contributed by atoms with van der Waals surface area (Å²) >= 11 is 0. The van der Waals surface area contributed by atoms with E-state index in [0.717, 1.165) is 37.7 Å². The van der Waals surface area contributed by atoms with E-state index in [2.05, 4.69) is 6.92 Å². The molecule has 2 rings (SSSR count). The Labute approximate surface area is 201 Å². The van der Waals surface area contributed by atoms with Crippen molar-refractivity contribution in [2.24, 2.45) is 0 Å². The van der Waals surface area contributed by atoms with Crippen LogP contribution in [-0.2, 0) is 14.3 Å². The normalized spacial score (nSPS) is 10.8. The van der Waals surface area contributed by atoms with Crippen LogP contribution < -0.4 is 9.47 Å². The maximum atomic E-state index is 12.1. The largest absolute Gasteiger partial charge is 0.462 e. The summed E-state index contributed by atoms with van der Waals surface area (Å²) in [6.45, 7) is 4.60. The molecule has 0 fully saturated rings. The highest BCUT2D eigenvalue weighted by Gasteiger charge is 2.07. The minimum absolute atomic E-state index is 0.281. The second-order valence-corrected chi connectivity index (χ2v) is 7.98. The number of rotatable bonds is 14. The topological polar surface area (TPSA) is 78.9 Å². The minimum atomic E-state index is -0.542. The highest BCUT2D eigenvalue weighted by molar-refractivity contribution is 5.91. The van der Waals surface area contributed by atoms with Gasteiger partial charge < -0.3 is 14.2 Å². The number of hydrogen-bond donors (Lipinski definition) is 0. The van der Waals surface area contributed by atoms with Gasteiger partial charge in [0.05, 0.1) is 12.2 Å². The van der Waals surface area contributed by atoms with Gasteiger partial charge in [0.2, 0.25) is 0 Å². The molecular weight excluding hydrogens is 432 g/mol. The summed E-state index contributed by atoms with van der Waals surface area (Å²) in [5.41, 5.74) is 1.23. The average molecular weight is 467 g/mol. The SMILES string of the molecule is CCCCCCCOC(=O)c1ccc(C=CC(=O)Oc2ccc(OC(=O)CCCC)cc2)cc1. The van der Waals surface area contributed by atoms with Gasteiger partial charge in [0.1, 0.15) is 11.5 Å². The van der Waals surface area contributed by atoms with E-state index < -0.39 is 5.97 Å². The molecule has 0 N–H and O–H groups in total. The maximum absolute atomic E-state index is 12.1. The third-order valence-electron chi connectivity index (χ3n) is 5.05. The van der Waals surface area contributed by atoms with Crippen molar-refractivity contribution in [2.45, 2.75) is 65.2 Å². The minimum Gasteiger partial charge on any atom is -0.462 e. The first-order chi connectivity index (χ1) is 16.5. The number of carbonyl (C=O) groups excluding carboxylic acids is 3. The molecule has 6 heteroatoms. The first-order valence-electron chi connectivity index (χ1n) is 12.0. The van der Waals surface area contributed by atoms with Crippen LogP contribution in [0.5, 0.6) is 11.5 Å². The van der Waals surface area contributed by atoms with E-state index in [0.29, 0.717) is 30.1 Å². The van der Waals surface area contributed by atoms with Gasteiger partial charge in [-0.1, -0.05) is 58.1 Å². The Kier molecular flexibility index (Phi) is 12.2. The molecule has 0 aliphatic carbocycles. The molecule has 2 aromatic carbocycles. The number of carbonyl (C=O) groups is 3. The van der Waals surface area contributed by atoms with Gasteiger partial charge in [0, 0.05) is 12.5 Å². The van der Waals surface area contributed by atoms with Crippen molar-refractivity contribution in [3.05, 3.63) is 65.7 Å². The zero-order valence-corrected chi connectivity index (χ0v) is 20.1. The van der Waals surface area contributed by atoms with Gasteiger partial charge in [-0.05, 0) is 60.9 Å². The summed E-state index contributed by atoms with van der Waals surface area (Å²) in [7, 11) is 0. The zero-order valence-electron chi connectivity index (χ0n) is 20.1. The molecule has 0 radical (unpaired) electrons. The van der Waals surface area contributed by atoms with E-state index in [-0.39, 0.29) is 11.9 Å². The van der Waals surface area contributed by atoms with Crippen LogP contribution in [0.3, 0.4) is 0 Å². The predicted octanol–water partition coefficient (Wildman–Crippen LogP) is 6.53. The van der Waals surface area contributed by atoms with Crippen LogP contribution in [0.1, 0.15) is 81.1 Å². The molecule has 0 heterocycles. The van der Waals surface area contributed by atoms with Crippen molar-refractivity contribution in [3.8, 4) is 11.5 Å². The second-order valence-electron chi connectivity index (χ2n) is 7.98. The fourth-order valence-electron chi connectivity index (χ4n) is 3.08. The summed E-state index contributed by atoms with van der Waals surface area (Å²) < 4.78 is 15.8. The standard InChI is InChI=1S/C28H34O6/c1-3-5-7-8-9-21-32-28(31)23-14-11-22(12-15-23)13-20-27(30)34-25-18-16-24(17-19-25)33-26(29)10-6-4-2/h11-20H,3-10,21H2,1-2H3. The van der Waals surface area contributed by atoms with Crippen LogP contribution in [0.4, 0.5) is 0 Å². The molecule has 0 spiro atoms. The van der Waals surface area contributed by atoms with Gasteiger partial charge in [-0.2, -0.15) is 0 Å². The Bertz CT molecular complexity index is 928. The van der Waals surface area contributed by atoms with Crippen LogP contribution in [0, 0.1) is 0 Å². The quantitative estimate of drug-likeness (QED) is 0.136. The van der Waals surface area contributed by atoms with Crippen molar-refractivity contribution < 1.29 is 28.6 Å². The molecule has 0 aliphatic heterocycles.